The van der Waals surface area contributed by atoms with E-state index in [1.54, 1.807) is 6.07 Å². The van der Waals surface area contributed by atoms with Crippen LogP contribution in [0.5, 0.6) is 0 Å². The minimum Gasteiger partial charge on any atom is -0.478 e. The van der Waals surface area contributed by atoms with Crippen molar-refractivity contribution < 1.29 is 18.7 Å². The van der Waals surface area contributed by atoms with Crippen molar-refractivity contribution >= 4 is 23.4 Å². The average molecular weight is 295 g/mol. The van der Waals surface area contributed by atoms with Gasteiger partial charge < -0.3 is 10.8 Å². The van der Waals surface area contributed by atoms with Gasteiger partial charge in [0, 0.05) is 16.3 Å². The number of nitrogens with two attached hydrogens (primary N) is 1. The van der Waals surface area contributed by atoms with Crippen LogP contribution in [-0.4, -0.2) is 11.1 Å². The van der Waals surface area contributed by atoms with Gasteiger partial charge in [-0.1, -0.05) is 6.07 Å². The third-order valence-electron chi connectivity index (χ3n) is 2.56. The number of thioether (sulfide) groups is 1. The van der Waals surface area contributed by atoms with Gasteiger partial charge in [-0.15, -0.1) is 11.8 Å². The number of hydrogen-bond donors (Lipinski definition) is 2. The number of hydrogen-bond acceptors (Lipinski definition) is 3. The summed E-state index contributed by atoms with van der Waals surface area (Å²) in [4.78, 5) is 11.3. The smallest absolute Gasteiger partial charge is 0.338 e. The number of nitrogen functional groups attached to an aromatic ring is 1. The van der Waals surface area contributed by atoms with E-state index < -0.39 is 17.6 Å². The molecule has 0 atom stereocenters. The Kier molecular flexibility index (Phi) is 4.24. The maximum absolute atomic E-state index is 13.5. The van der Waals surface area contributed by atoms with Gasteiger partial charge in [0.25, 0.3) is 0 Å². The number of anilines is 1. The lowest BCUT2D eigenvalue weighted by Gasteiger charge is -2.05. The lowest BCUT2D eigenvalue weighted by atomic mass is 10.1. The second kappa shape index (κ2) is 5.92. The van der Waals surface area contributed by atoms with Crippen molar-refractivity contribution in [3.05, 3.63) is 59.2 Å². The molecule has 0 spiro atoms. The molecular weight excluding hydrogens is 284 g/mol. The first-order valence-electron chi connectivity index (χ1n) is 5.66. The summed E-state index contributed by atoms with van der Waals surface area (Å²) in [5.74, 6) is -2.13. The molecule has 0 aliphatic heterocycles. The van der Waals surface area contributed by atoms with Gasteiger partial charge in [0.05, 0.1) is 5.56 Å². The second-order valence-electron chi connectivity index (χ2n) is 4.13. The van der Waals surface area contributed by atoms with Gasteiger partial charge in [-0.05, 0) is 35.9 Å². The molecule has 3 nitrogen and oxygen atoms in total. The number of aromatic carboxylic acids is 1. The van der Waals surface area contributed by atoms with E-state index in [9.17, 15) is 13.6 Å². The van der Waals surface area contributed by atoms with Crippen LogP contribution in [0.25, 0.3) is 0 Å². The van der Waals surface area contributed by atoms with E-state index in [0.717, 1.165) is 0 Å². The van der Waals surface area contributed by atoms with Crippen LogP contribution in [0.15, 0.2) is 41.3 Å². The van der Waals surface area contributed by atoms with E-state index >= 15 is 0 Å². The first-order chi connectivity index (χ1) is 9.45. The summed E-state index contributed by atoms with van der Waals surface area (Å²) in [5, 5.41) is 8.72. The van der Waals surface area contributed by atoms with Gasteiger partial charge in [-0.2, -0.15) is 0 Å². The quantitative estimate of drug-likeness (QED) is 0.669. The Morgan fingerprint density at radius 3 is 2.55 bits per heavy atom. The highest BCUT2D eigenvalue weighted by molar-refractivity contribution is 7.98. The summed E-state index contributed by atoms with van der Waals surface area (Å²) in [7, 11) is 0. The maximum atomic E-state index is 13.5. The van der Waals surface area contributed by atoms with Crippen LogP contribution in [0.4, 0.5) is 14.5 Å². The number of carbonyl (C=O) groups is 1. The fourth-order valence-electron chi connectivity index (χ4n) is 1.66. The fraction of sp³-hybridized carbons (Fsp3) is 0.0714. The predicted molar refractivity (Wildman–Crippen MR) is 73.7 cm³/mol. The predicted octanol–water partition coefficient (Wildman–Crippen LogP) is 3.54. The molecule has 3 N–H and O–H groups in total. The molecule has 20 heavy (non-hydrogen) atoms. The molecule has 0 heterocycles. The van der Waals surface area contributed by atoms with E-state index in [4.69, 9.17) is 10.8 Å². The normalized spacial score (nSPS) is 10.5. The number of carboxylic acids is 1. The number of carboxylic acid groups (broad SMARTS) is 1. The van der Waals surface area contributed by atoms with Crippen LogP contribution in [0.3, 0.4) is 0 Å². The molecule has 2 aromatic carbocycles. The molecule has 0 saturated heterocycles. The van der Waals surface area contributed by atoms with E-state index in [1.807, 2.05) is 0 Å². The Morgan fingerprint density at radius 2 is 1.95 bits per heavy atom. The highest BCUT2D eigenvalue weighted by atomic mass is 32.2. The monoisotopic (exact) mass is 295 g/mol. The Hall–Kier alpha value is -2.08. The zero-order valence-electron chi connectivity index (χ0n) is 10.3. The molecule has 0 bridgehead atoms. The molecule has 6 heteroatoms. The van der Waals surface area contributed by atoms with Crippen molar-refractivity contribution in [2.45, 2.75) is 10.6 Å². The molecule has 0 aromatic heterocycles. The van der Waals surface area contributed by atoms with Gasteiger partial charge in [0.2, 0.25) is 0 Å². The summed E-state index contributed by atoms with van der Waals surface area (Å²) >= 11 is 1.29. The van der Waals surface area contributed by atoms with Crippen LogP contribution in [0, 0.1) is 11.6 Å². The van der Waals surface area contributed by atoms with Crippen molar-refractivity contribution in [3.8, 4) is 0 Å². The molecule has 0 saturated carbocycles. The van der Waals surface area contributed by atoms with Crippen LogP contribution in [-0.2, 0) is 5.75 Å². The van der Waals surface area contributed by atoms with Crippen LogP contribution in [0.2, 0.25) is 0 Å². The summed E-state index contributed by atoms with van der Waals surface area (Å²) in [6.07, 6.45) is 0. The average Bonchev–Trinajstić information content (AvgIpc) is 2.35. The molecule has 0 aliphatic rings. The summed E-state index contributed by atoms with van der Waals surface area (Å²) in [5.41, 5.74) is 6.09. The van der Waals surface area contributed by atoms with Gasteiger partial charge >= 0.3 is 5.97 Å². The zero-order chi connectivity index (χ0) is 14.7. The molecule has 0 fully saturated rings. The molecular formula is C14H11F2NO2S. The van der Waals surface area contributed by atoms with Crippen molar-refractivity contribution in [3.63, 3.8) is 0 Å². The van der Waals surface area contributed by atoms with E-state index in [0.29, 0.717) is 21.9 Å². The SMILES string of the molecule is Nc1cc(F)cc(SCc2ccc(C(=O)O)c(F)c2)c1. The lowest BCUT2D eigenvalue weighted by Crippen LogP contribution is -2.00. The minimum atomic E-state index is -1.31. The molecule has 0 radical (unpaired) electrons. The van der Waals surface area contributed by atoms with E-state index in [-0.39, 0.29) is 5.56 Å². The molecule has 2 rings (SSSR count). The fourth-order valence-corrected chi connectivity index (χ4v) is 2.58. The summed E-state index contributed by atoms with van der Waals surface area (Å²) in [6.45, 7) is 0. The largest absolute Gasteiger partial charge is 0.478 e. The Morgan fingerprint density at radius 1 is 1.20 bits per heavy atom. The van der Waals surface area contributed by atoms with Crippen molar-refractivity contribution in [1.29, 1.82) is 0 Å². The van der Waals surface area contributed by atoms with Gasteiger partial charge in [0.15, 0.2) is 0 Å². The van der Waals surface area contributed by atoms with Crippen molar-refractivity contribution in [2.75, 3.05) is 5.73 Å². The molecule has 0 unspecified atom stereocenters. The Balaban J connectivity index is 2.11. The standard InChI is InChI=1S/C14H11F2NO2S/c15-9-4-10(17)6-11(5-9)20-7-8-1-2-12(14(18)19)13(16)3-8/h1-6H,7,17H2,(H,18,19). The highest BCUT2D eigenvalue weighted by Gasteiger charge is 2.10. The van der Waals surface area contributed by atoms with Crippen LogP contribution >= 0.6 is 11.8 Å². The lowest BCUT2D eigenvalue weighted by molar-refractivity contribution is 0.0692. The van der Waals surface area contributed by atoms with Gasteiger partial charge in [-0.3, -0.25) is 0 Å². The van der Waals surface area contributed by atoms with E-state index in [2.05, 4.69) is 0 Å². The third-order valence-corrected chi connectivity index (χ3v) is 3.61. The maximum Gasteiger partial charge on any atom is 0.338 e. The minimum absolute atomic E-state index is 0.319. The van der Waals surface area contributed by atoms with Gasteiger partial charge in [-0.25, -0.2) is 13.6 Å². The second-order valence-corrected chi connectivity index (χ2v) is 5.18. The summed E-state index contributed by atoms with van der Waals surface area (Å²) in [6, 6.07) is 8.08. The zero-order valence-corrected chi connectivity index (χ0v) is 11.1. The molecule has 104 valence electrons. The first kappa shape index (κ1) is 14.3. The van der Waals surface area contributed by atoms with Crippen molar-refractivity contribution in [1.82, 2.24) is 0 Å². The number of rotatable bonds is 4. The molecule has 2 aromatic rings. The van der Waals surface area contributed by atoms with E-state index in [1.165, 1.54) is 42.1 Å². The number of benzene rings is 2. The topological polar surface area (TPSA) is 63.3 Å². The third kappa shape index (κ3) is 3.48. The molecule has 0 amide bonds. The van der Waals surface area contributed by atoms with Crippen LogP contribution < -0.4 is 5.73 Å². The van der Waals surface area contributed by atoms with Crippen molar-refractivity contribution in [2.24, 2.45) is 0 Å². The highest BCUT2D eigenvalue weighted by Crippen LogP contribution is 2.26. The summed E-state index contributed by atoms with van der Waals surface area (Å²) < 4.78 is 26.6. The Bertz CT molecular complexity index is 641. The van der Waals surface area contributed by atoms with Gasteiger partial charge in [0.1, 0.15) is 11.6 Å². The number of halogens is 2. The van der Waals surface area contributed by atoms with Crippen LogP contribution in [0.1, 0.15) is 15.9 Å². The Labute approximate surface area is 118 Å². The molecule has 0 aliphatic carbocycles. The first-order valence-corrected chi connectivity index (χ1v) is 6.65.